The molecule has 3 heteroatoms. The summed E-state index contributed by atoms with van der Waals surface area (Å²) in [5.74, 6) is 0. The third-order valence-electron chi connectivity index (χ3n) is 5.33. The lowest BCUT2D eigenvalue weighted by atomic mass is 10.1. The van der Waals surface area contributed by atoms with Crippen molar-refractivity contribution in [2.45, 2.75) is 109 Å². The fraction of sp³-hybridized carbons (Fsp3) is 0.826. The minimum absolute atomic E-state index is 0.457. The summed E-state index contributed by atoms with van der Waals surface area (Å²) in [5.41, 5.74) is 5.65. The summed E-state index contributed by atoms with van der Waals surface area (Å²) in [4.78, 5) is 2.31. The molecule has 1 atom stereocenters. The van der Waals surface area contributed by atoms with Gasteiger partial charge in [0.05, 0.1) is 6.17 Å². The van der Waals surface area contributed by atoms with Crippen molar-refractivity contribution < 1.29 is 0 Å². The average Bonchev–Trinajstić information content (AvgIpc) is 3.09. The lowest BCUT2D eigenvalue weighted by Gasteiger charge is -2.24. The maximum absolute atomic E-state index is 5.65. The van der Waals surface area contributed by atoms with Crippen LogP contribution in [0.3, 0.4) is 0 Å². The van der Waals surface area contributed by atoms with Gasteiger partial charge in [-0.3, -0.25) is 0 Å². The molecule has 152 valence electrons. The van der Waals surface area contributed by atoms with Gasteiger partial charge in [-0.05, 0) is 32.1 Å². The zero-order chi connectivity index (χ0) is 18.7. The Labute approximate surface area is 163 Å². The molecule has 0 aromatic rings. The highest BCUT2D eigenvalue weighted by atomic mass is 15.3. The molecule has 0 amide bonds. The molecule has 0 aliphatic carbocycles. The third-order valence-corrected chi connectivity index (χ3v) is 5.33. The van der Waals surface area contributed by atoms with E-state index in [0.29, 0.717) is 6.17 Å². The second-order valence-corrected chi connectivity index (χ2v) is 7.75. The van der Waals surface area contributed by atoms with Crippen LogP contribution >= 0.6 is 0 Å². The van der Waals surface area contributed by atoms with Gasteiger partial charge in [-0.1, -0.05) is 83.3 Å². The number of unbranched alkanes of at least 4 members (excludes halogenated alkanes) is 12. The molecular weight excluding hydrogens is 318 g/mol. The van der Waals surface area contributed by atoms with Crippen LogP contribution in [-0.2, 0) is 0 Å². The van der Waals surface area contributed by atoms with E-state index in [9.17, 15) is 0 Å². The van der Waals surface area contributed by atoms with Crippen molar-refractivity contribution in [3.8, 4) is 0 Å². The first kappa shape index (κ1) is 23.1. The first-order chi connectivity index (χ1) is 12.9. The molecule has 1 heterocycles. The standard InChI is InChI=1S/C23H45N3/c1-2-3-4-5-6-7-8-9-10-11-12-13-14-15-16-17-18-23-25-20-22-26(23)21-19-24/h14-15,20,22-23,25H,2-13,16-19,21,24H2,1H3/b15-14+. The van der Waals surface area contributed by atoms with E-state index in [1.807, 2.05) is 6.20 Å². The van der Waals surface area contributed by atoms with E-state index < -0.39 is 0 Å². The molecule has 1 aliphatic rings. The largest absolute Gasteiger partial charge is 0.370 e. The summed E-state index contributed by atoms with van der Waals surface area (Å²) < 4.78 is 0. The van der Waals surface area contributed by atoms with E-state index in [1.54, 1.807) is 0 Å². The van der Waals surface area contributed by atoms with Crippen LogP contribution in [0.15, 0.2) is 24.6 Å². The minimum Gasteiger partial charge on any atom is -0.370 e. The molecule has 26 heavy (non-hydrogen) atoms. The van der Waals surface area contributed by atoms with Gasteiger partial charge in [0.2, 0.25) is 0 Å². The molecule has 3 nitrogen and oxygen atoms in total. The molecule has 0 saturated heterocycles. The van der Waals surface area contributed by atoms with Crippen LogP contribution < -0.4 is 11.1 Å². The van der Waals surface area contributed by atoms with Gasteiger partial charge < -0.3 is 16.0 Å². The molecule has 1 rings (SSSR count). The molecule has 1 unspecified atom stereocenters. The summed E-state index contributed by atoms with van der Waals surface area (Å²) in [6.45, 7) is 3.96. The minimum atomic E-state index is 0.457. The van der Waals surface area contributed by atoms with Gasteiger partial charge in [-0.15, -0.1) is 0 Å². The zero-order valence-corrected chi connectivity index (χ0v) is 17.4. The zero-order valence-electron chi connectivity index (χ0n) is 17.4. The molecule has 1 aliphatic heterocycles. The second kappa shape index (κ2) is 17.5. The summed E-state index contributed by atoms with van der Waals surface area (Å²) in [6, 6.07) is 0. The number of hydrogen-bond acceptors (Lipinski definition) is 3. The highest BCUT2D eigenvalue weighted by Gasteiger charge is 2.16. The van der Waals surface area contributed by atoms with Gasteiger partial charge in [0, 0.05) is 25.5 Å². The molecule has 0 bridgehead atoms. The Morgan fingerprint density at radius 2 is 1.42 bits per heavy atom. The molecule has 3 N–H and O–H groups in total. The normalized spacial score (nSPS) is 16.7. The maximum Gasteiger partial charge on any atom is 0.0981 e. The van der Waals surface area contributed by atoms with Crippen molar-refractivity contribution in [1.82, 2.24) is 10.2 Å². The Bertz CT molecular complexity index is 351. The highest BCUT2D eigenvalue weighted by molar-refractivity contribution is 4.94. The summed E-state index contributed by atoms with van der Waals surface area (Å²) >= 11 is 0. The fourth-order valence-electron chi connectivity index (χ4n) is 3.67. The molecule has 0 radical (unpaired) electrons. The number of hydrogen-bond donors (Lipinski definition) is 2. The van der Waals surface area contributed by atoms with E-state index in [4.69, 9.17) is 5.73 Å². The average molecular weight is 364 g/mol. The predicted molar refractivity (Wildman–Crippen MR) is 116 cm³/mol. The third kappa shape index (κ3) is 12.4. The van der Waals surface area contributed by atoms with Gasteiger partial charge in [0.1, 0.15) is 0 Å². The van der Waals surface area contributed by atoms with E-state index in [1.165, 1.54) is 96.3 Å². The van der Waals surface area contributed by atoms with Crippen LogP contribution in [0.1, 0.15) is 103 Å². The maximum atomic E-state index is 5.65. The Morgan fingerprint density at radius 1 is 0.846 bits per heavy atom. The van der Waals surface area contributed by atoms with E-state index in [-0.39, 0.29) is 0 Å². The Balaban J connectivity index is 1.80. The van der Waals surface area contributed by atoms with Crippen LogP contribution in [0.5, 0.6) is 0 Å². The molecule has 0 fully saturated rings. The lowest BCUT2D eigenvalue weighted by molar-refractivity contribution is 0.267. The number of nitrogens with zero attached hydrogens (tertiary/aromatic N) is 1. The van der Waals surface area contributed by atoms with Crippen LogP contribution in [0.4, 0.5) is 0 Å². The number of allylic oxidation sites excluding steroid dienone is 2. The van der Waals surface area contributed by atoms with E-state index >= 15 is 0 Å². The van der Waals surface area contributed by atoms with Gasteiger partial charge >= 0.3 is 0 Å². The summed E-state index contributed by atoms with van der Waals surface area (Å²) in [5, 5.41) is 3.41. The monoisotopic (exact) mass is 363 g/mol. The van der Waals surface area contributed by atoms with Crippen LogP contribution in [0.25, 0.3) is 0 Å². The van der Waals surface area contributed by atoms with Crippen LogP contribution in [0.2, 0.25) is 0 Å². The second-order valence-electron chi connectivity index (χ2n) is 7.75. The lowest BCUT2D eigenvalue weighted by Crippen LogP contribution is -2.37. The smallest absolute Gasteiger partial charge is 0.0981 e. The topological polar surface area (TPSA) is 41.3 Å². The van der Waals surface area contributed by atoms with E-state index in [0.717, 1.165) is 13.1 Å². The SMILES string of the molecule is CCCCCCCCCCCCC/C=C/CCCC1NC=CN1CCN. The van der Waals surface area contributed by atoms with Crippen molar-refractivity contribution in [3.63, 3.8) is 0 Å². The first-order valence-electron chi connectivity index (χ1n) is 11.4. The van der Waals surface area contributed by atoms with Gasteiger partial charge in [-0.2, -0.15) is 0 Å². The van der Waals surface area contributed by atoms with Crippen molar-refractivity contribution in [3.05, 3.63) is 24.6 Å². The van der Waals surface area contributed by atoms with Crippen molar-refractivity contribution in [2.75, 3.05) is 13.1 Å². The fourth-order valence-corrected chi connectivity index (χ4v) is 3.67. The summed E-state index contributed by atoms with van der Waals surface area (Å²) in [7, 11) is 0. The van der Waals surface area contributed by atoms with Crippen molar-refractivity contribution in [2.24, 2.45) is 5.73 Å². The molecular formula is C23H45N3. The Kier molecular flexibility index (Phi) is 15.5. The van der Waals surface area contributed by atoms with Crippen LogP contribution in [0, 0.1) is 0 Å². The number of nitrogens with one attached hydrogen (secondary N) is 1. The van der Waals surface area contributed by atoms with E-state index in [2.05, 4.69) is 35.5 Å². The summed E-state index contributed by atoms with van der Waals surface area (Å²) in [6.07, 6.45) is 30.0. The number of rotatable bonds is 18. The quantitative estimate of drug-likeness (QED) is 0.229. The molecule has 0 spiro atoms. The Morgan fingerprint density at radius 3 is 2.04 bits per heavy atom. The molecule has 0 aromatic carbocycles. The van der Waals surface area contributed by atoms with Crippen molar-refractivity contribution >= 4 is 0 Å². The number of nitrogens with two attached hydrogens (primary N) is 1. The Hall–Kier alpha value is -0.960. The van der Waals surface area contributed by atoms with Crippen LogP contribution in [-0.4, -0.2) is 24.2 Å². The van der Waals surface area contributed by atoms with Gasteiger partial charge in [0.25, 0.3) is 0 Å². The molecule has 0 aromatic heterocycles. The highest BCUT2D eigenvalue weighted by Crippen LogP contribution is 2.13. The van der Waals surface area contributed by atoms with Gasteiger partial charge in [0.15, 0.2) is 0 Å². The molecule has 0 saturated carbocycles. The van der Waals surface area contributed by atoms with Gasteiger partial charge in [-0.25, -0.2) is 0 Å². The predicted octanol–water partition coefficient (Wildman–Crippen LogP) is 6.08. The first-order valence-corrected chi connectivity index (χ1v) is 11.4. The van der Waals surface area contributed by atoms with Crippen molar-refractivity contribution in [1.29, 1.82) is 0 Å².